The Morgan fingerprint density at radius 1 is 1.37 bits per heavy atom. The van der Waals surface area contributed by atoms with Gasteiger partial charge >= 0.3 is 5.69 Å². The second-order valence-electron chi connectivity index (χ2n) is 4.10. The summed E-state index contributed by atoms with van der Waals surface area (Å²) < 4.78 is 2.77. The van der Waals surface area contributed by atoms with E-state index in [2.05, 4.69) is 10.1 Å². The Kier molecular flexibility index (Phi) is 2.72. The van der Waals surface area contributed by atoms with E-state index in [9.17, 15) is 4.79 Å². The van der Waals surface area contributed by atoms with Gasteiger partial charge in [-0.2, -0.15) is 0 Å². The van der Waals surface area contributed by atoms with Gasteiger partial charge in [-0.25, -0.2) is 13.9 Å². The molecule has 2 aromatic heterocycles. The van der Waals surface area contributed by atoms with Crippen LogP contribution < -0.4 is 11.4 Å². The second-order valence-corrected chi connectivity index (χ2v) is 4.50. The number of benzene rings is 1. The van der Waals surface area contributed by atoms with Gasteiger partial charge < -0.3 is 5.73 Å². The minimum absolute atomic E-state index is 0.231. The molecule has 2 N–H and O–H groups in total. The van der Waals surface area contributed by atoms with Crippen molar-refractivity contribution >= 4 is 22.9 Å². The summed E-state index contributed by atoms with van der Waals surface area (Å²) in [4.78, 5) is 16.0. The third-order valence-corrected chi connectivity index (χ3v) is 3.14. The van der Waals surface area contributed by atoms with Crippen molar-refractivity contribution < 1.29 is 0 Å². The van der Waals surface area contributed by atoms with Gasteiger partial charge in [-0.05, 0) is 17.7 Å². The number of nitrogens with two attached hydrogens (primary N) is 1. The summed E-state index contributed by atoms with van der Waals surface area (Å²) in [6.07, 6.45) is 4.64. The highest BCUT2D eigenvalue weighted by molar-refractivity contribution is 6.31. The molecular weight excluding hydrogens is 266 g/mol. The van der Waals surface area contributed by atoms with E-state index < -0.39 is 0 Å². The Hall–Kier alpha value is -2.34. The number of aromatic nitrogens is 4. The topological polar surface area (TPSA) is 78.2 Å². The zero-order chi connectivity index (χ0) is 13.4. The standard InChI is InChI=1S/C12H10ClN5O/c13-10-5-9(14)2-1-8(10)7-18-12(19)17-4-3-15-6-11(17)16-18/h1-6H,7,14H2. The van der Waals surface area contributed by atoms with Crippen molar-refractivity contribution in [2.45, 2.75) is 6.54 Å². The summed E-state index contributed by atoms with van der Waals surface area (Å²) in [5, 5.41) is 4.70. The Morgan fingerprint density at radius 3 is 2.95 bits per heavy atom. The lowest BCUT2D eigenvalue weighted by Crippen LogP contribution is -2.21. The number of halogens is 1. The van der Waals surface area contributed by atoms with E-state index in [-0.39, 0.29) is 5.69 Å². The number of hydrogen-bond donors (Lipinski definition) is 1. The van der Waals surface area contributed by atoms with Gasteiger partial charge in [-0.3, -0.25) is 4.98 Å². The van der Waals surface area contributed by atoms with Crippen LogP contribution in [-0.2, 0) is 6.54 Å². The molecule has 0 fully saturated rings. The smallest absolute Gasteiger partial charge is 0.350 e. The average Bonchev–Trinajstić information content (AvgIpc) is 2.70. The van der Waals surface area contributed by atoms with Gasteiger partial charge in [0.15, 0.2) is 5.65 Å². The number of nitrogens with zero attached hydrogens (tertiary/aromatic N) is 4. The normalized spacial score (nSPS) is 11.0. The van der Waals surface area contributed by atoms with Gasteiger partial charge in [0.05, 0.1) is 12.7 Å². The Labute approximate surface area is 113 Å². The molecule has 0 spiro atoms. The van der Waals surface area contributed by atoms with Crippen LogP contribution in [0.25, 0.3) is 5.65 Å². The monoisotopic (exact) mass is 275 g/mol. The second kappa shape index (κ2) is 4.40. The summed E-state index contributed by atoms with van der Waals surface area (Å²) in [5.74, 6) is 0. The van der Waals surface area contributed by atoms with Gasteiger partial charge in [0.1, 0.15) is 0 Å². The summed E-state index contributed by atoms with van der Waals surface area (Å²) in [6, 6.07) is 5.18. The molecule has 0 radical (unpaired) electrons. The van der Waals surface area contributed by atoms with E-state index >= 15 is 0 Å². The molecule has 3 aromatic rings. The SMILES string of the molecule is Nc1ccc(Cn2nc3cnccn3c2=O)c(Cl)c1. The molecule has 0 aliphatic carbocycles. The third kappa shape index (κ3) is 2.06. The van der Waals surface area contributed by atoms with Gasteiger partial charge in [-0.1, -0.05) is 17.7 Å². The molecule has 1 aromatic carbocycles. The van der Waals surface area contributed by atoms with Crippen molar-refractivity contribution in [2.24, 2.45) is 0 Å². The molecule has 0 bridgehead atoms. The molecule has 6 nitrogen and oxygen atoms in total. The highest BCUT2D eigenvalue weighted by atomic mass is 35.5. The van der Waals surface area contributed by atoms with Crippen LogP contribution in [0.1, 0.15) is 5.56 Å². The minimum atomic E-state index is -0.231. The summed E-state index contributed by atoms with van der Waals surface area (Å²) in [7, 11) is 0. The van der Waals surface area contributed by atoms with Gasteiger partial charge in [0.25, 0.3) is 0 Å². The zero-order valence-corrected chi connectivity index (χ0v) is 10.6. The summed E-state index contributed by atoms with van der Waals surface area (Å²) in [6.45, 7) is 0.291. The number of hydrogen-bond acceptors (Lipinski definition) is 4. The zero-order valence-electron chi connectivity index (χ0n) is 9.82. The van der Waals surface area contributed by atoms with Crippen LogP contribution in [0.2, 0.25) is 5.02 Å². The van der Waals surface area contributed by atoms with Crippen LogP contribution in [-0.4, -0.2) is 19.2 Å². The lowest BCUT2D eigenvalue weighted by molar-refractivity contribution is 0.659. The van der Waals surface area contributed by atoms with E-state index in [0.29, 0.717) is 22.9 Å². The maximum atomic E-state index is 12.1. The first-order valence-electron chi connectivity index (χ1n) is 5.58. The van der Waals surface area contributed by atoms with Crippen LogP contribution in [0.15, 0.2) is 41.6 Å². The minimum Gasteiger partial charge on any atom is -0.399 e. The molecule has 7 heteroatoms. The van der Waals surface area contributed by atoms with Crippen LogP contribution in [0.3, 0.4) is 0 Å². The molecule has 0 aliphatic rings. The Balaban J connectivity index is 2.06. The first-order valence-corrected chi connectivity index (χ1v) is 5.96. The lowest BCUT2D eigenvalue weighted by Gasteiger charge is -2.04. The Bertz CT molecular complexity index is 807. The van der Waals surface area contributed by atoms with Crippen molar-refractivity contribution in [3.8, 4) is 0 Å². The highest BCUT2D eigenvalue weighted by Crippen LogP contribution is 2.19. The number of nitrogen functional groups attached to an aromatic ring is 1. The van der Waals surface area contributed by atoms with Crippen molar-refractivity contribution in [2.75, 3.05) is 5.73 Å². The Morgan fingerprint density at radius 2 is 2.21 bits per heavy atom. The molecule has 0 unspecified atom stereocenters. The first-order chi connectivity index (χ1) is 9.15. The molecule has 3 rings (SSSR count). The van der Waals surface area contributed by atoms with E-state index in [1.165, 1.54) is 21.5 Å². The summed E-state index contributed by atoms with van der Waals surface area (Å²) in [5.41, 5.74) is 7.27. The number of fused-ring (bicyclic) bond motifs is 1. The van der Waals surface area contributed by atoms with Crippen molar-refractivity contribution in [1.82, 2.24) is 19.2 Å². The molecule has 96 valence electrons. The fourth-order valence-corrected chi connectivity index (χ4v) is 2.08. The fourth-order valence-electron chi connectivity index (χ4n) is 1.84. The van der Waals surface area contributed by atoms with Crippen LogP contribution in [0.4, 0.5) is 5.69 Å². The maximum Gasteiger partial charge on any atom is 0.350 e. The van der Waals surface area contributed by atoms with Gasteiger partial charge in [0, 0.05) is 23.1 Å². The van der Waals surface area contributed by atoms with Crippen molar-refractivity contribution in [1.29, 1.82) is 0 Å². The lowest BCUT2D eigenvalue weighted by atomic mass is 10.2. The molecule has 0 aliphatic heterocycles. The predicted molar refractivity (Wildman–Crippen MR) is 72.2 cm³/mol. The third-order valence-electron chi connectivity index (χ3n) is 2.79. The van der Waals surface area contributed by atoms with E-state index in [4.69, 9.17) is 17.3 Å². The molecule has 0 amide bonds. The first kappa shape index (κ1) is 11.7. The van der Waals surface area contributed by atoms with Crippen LogP contribution >= 0.6 is 11.6 Å². The van der Waals surface area contributed by atoms with E-state index in [0.717, 1.165) is 5.56 Å². The van der Waals surface area contributed by atoms with Crippen LogP contribution in [0, 0.1) is 0 Å². The predicted octanol–water partition coefficient (Wildman–Crippen LogP) is 1.17. The van der Waals surface area contributed by atoms with E-state index in [1.807, 2.05) is 0 Å². The highest BCUT2D eigenvalue weighted by Gasteiger charge is 2.09. The quantitative estimate of drug-likeness (QED) is 0.712. The molecular formula is C12H10ClN5O. The summed E-state index contributed by atoms with van der Waals surface area (Å²) >= 11 is 6.09. The van der Waals surface area contributed by atoms with Gasteiger partial charge in [-0.15, -0.1) is 5.10 Å². The van der Waals surface area contributed by atoms with Gasteiger partial charge in [0.2, 0.25) is 0 Å². The van der Waals surface area contributed by atoms with Crippen molar-refractivity contribution in [3.63, 3.8) is 0 Å². The molecule has 2 heterocycles. The fraction of sp³-hybridized carbons (Fsp3) is 0.0833. The molecule has 0 atom stereocenters. The number of rotatable bonds is 2. The van der Waals surface area contributed by atoms with E-state index in [1.54, 1.807) is 24.4 Å². The number of anilines is 1. The van der Waals surface area contributed by atoms with Crippen LogP contribution in [0.5, 0.6) is 0 Å². The molecule has 0 saturated heterocycles. The molecule has 19 heavy (non-hydrogen) atoms. The average molecular weight is 276 g/mol. The largest absolute Gasteiger partial charge is 0.399 e. The molecule has 0 saturated carbocycles. The van der Waals surface area contributed by atoms with Crippen molar-refractivity contribution in [3.05, 3.63) is 57.9 Å². The maximum absolute atomic E-state index is 12.1.